The smallest absolute Gasteiger partial charge is 0.336 e. The van der Waals surface area contributed by atoms with Crippen molar-refractivity contribution in [2.24, 2.45) is 0 Å². The Hall–Kier alpha value is -3.85. The molecule has 1 fully saturated rings. The number of nitrogens with zero attached hydrogens (tertiary/aromatic N) is 1. The van der Waals surface area contributed by atoms with Crippen LogP contribution in [0.5, 0.6) is 11.5 Å². The summed E-state index contributed by atoms with van der Waals surface area (Å²) in [5.41, 5.74) is 0.742. The van der Waals surface area contributed by atoms with E-state index in [0.29, 0.717) is 30.5 Å². The van der Waals surface area contributed by atoms with Crippen LogP contribution in [0.15, 0.2) is 69.1 Å². The van der Waals surface area contributed by atoms with E-state index in [2.05, 4.69) is 21.2 Å². The minimum atomic E-state index is -0.879. The second-order valence-corrected chi connectivity index (χ2v) is 8.08. The van der Waals surface area contributed by atoms with Crippen molar-refractivity contribution in [2.45, 2.75) is 13.8 Å². The second-order valence-electron chi connectivity index (χ2n) is 7.17. The Bertz CT molecular complexity index is 1300. The molecule has 8 nitrogen and oxygen atoms in total. The molecule has 4 rings (SSSR count). The molecule has 0 aliphatic carbocycles. The van der Waals surface area contributed by atoms with Crippen molar-refractivity contribution in [1.29, 1.82) is 0 Å². The predicted molar refractivity (Wildman–Crippen MR) is 130 cm³/mol. The van der Waals surface area contributed by atoms with Crippen molar-refractivity contribution in [3.05, 3.63) is 70.4 Å². The van der Waals surface area contributed by atoms with Crippen LogP contribution in [-0.2, 0) is 9.59 Å². The molecular weight excluding hydrogens is 504 g/mol. The van der Waals surface area contributed by atoms with Crippen LogP contribution in [0.2, 0.25) is 0 Å². The van der Waals surface area contributed by atoms with Crippen molar-refractivity contribution in [3.8, 4) is 22.8 Å². The van der Waals surface area contributed by atoms with Crippen LogP contribution >= 0.6 is 15.9 Å². The van der Waals surface area contributed by atoms with Gasteiger partial charge in [-0.2, -0.15) is 0 Å². The third-order valence-corrected chi connectivity index (χ3v) is 5.40. The highest BCUT2D eigenvalue weighted by Gasteiger charge is 2.38. The van der Waals surface area contributed by atoms with Gasteiger partial charge in [-0.1, -0.05) is 28.1 Å². The molecular formula is C25H21BrN2O6. The number of ether oxygens (including phenoxy) is 2. The normalized spacial score (nSPS) is 15.0. The third-order valence-electron chi connectivity index (χ3n) is 4.91. The van der Waals surface area contributed by atoms with E-state index in [0.717, 1.165) is 14.9 Å². The number of urea groups is 1. The largest absolute Gasteiger partial charge is 0.494 e. The van der Waals surface area contributed by atoms with Crippen LogP contribution in [0.4, 0.5) is 10.5 Å². The molecule has 2 heterocycles. The molecule has 1 aliphatic heterocycles. The molecule has 34 heavy (non-hydrogen) atoms. The van der Waals surface area contributed by atoms with Gasteiger partial charge in [0.2, 0.25) is 0 Å². The van der Waals surface area contributed by atoms with Crippen molar-refractivity contribution in [3.63, 3.8) is 0 Å². The summed E-state index contributed by atoms with van der Waals surface area (Å²) in [4.78, 5) is 39.4. The van der Waals surface area contributed by atoms with Crippen LogP contribution < -0.4 is 19.7 Å². The minimum Gasteiger partial charge on any atom is -0.494 e. The van der Waals surface area contributed by atoms with Gasteiger partial charge < -0.3 is 13.9 Å². The Labute approximate surface area is 204 Å². The zero-order chi connectivity index (χ0) is 24.2. The topological polar surface area (TPSA) is 98.1 Å². The molecule has 3 aromatic rings. The van der Waals surface area contributed by atoms with Crippen molar-refractivity contribution >= 4 is 45.5 Å². The fraction of sp³-hybridized carbons (Fsp3) is 0.160. The number of benzene rings is 2. The molecule has 0 spiro atoms. The van der Waals surface area contributed by atoms with Gasteiger partial charge in [0.25, 0.3) is 11.8 Å². The highest BCUT2D eigenvalue weighted by molar-refractivity contribution is 9.10. The summed E-state index contributed by atoms with van der Waals surface area (Å²) >= 11 is 3.42. The molecule has 0 saturated carbocycles. The van der Waals surface area contributed by atoms with Crippen LogP contribution in [0.3, 0.4) is 0 Å². The van der Waals surface area contributed by atoms with Gasteiger partial charge in [0.05, 0.1) is 18.9 Å². The molecule has 0 radical (unpaired) electrons. The van der Waals surface area contributed by atoms with Gasteiger partial charge in [0.1, 0.15) is 28.6 Å². The Balaban J connectivity index is 1.71. The maximum absolute atomic E-state index is 13.3. The van der Waals surface area contributed by atoms with Crippen molar-refractivity contribution in [1.82, 2.24) is 5.32 Å². The Kier molecular flexibility index (Phi) is 6.83. The number of rotatable bonds is 7. The van der Waals surface area contributed by atoms with Crippen LogP contribution in [0.25, 0.3) is 17.4 Å². The maximum Gasteiger partial charge on any atom is 0.336 e. The number of hydrogen-bond donors (Lipinski definition) is 1. The van der Waals surface area contributed by atoms with Crippen LogP contribution in [0, 0.1) is 0 Å². The van der Waals surface area contributed by atoms with Crippen molar-refractivity contribution < 1.29 is 28.3 Å². The van der Waals surface area contributed by atoms with E-state index in [4.69, 9.17) is 13.9 Å². The van der Waals surface area contributed by atoms with Gasteiger partial charge in [0.15, 0.2) is 0 Å². The van der Waals surface area contributed by atoms with Gasteiger partial charge in [-0.05, 0) is 56.3 Å². The first-order valence-electron chi connectivity index (χ1n) is 10.6. The number of carbonyl (C=O) groups excluding carboxylic acids is 3. The van der Waals surface area contributed by atoms with E-state index in [1.165, 1.54) is 12.1 Å². The fourth-order valence-electron chi connectivity index (χ4n) is 3.45. The predicted octanol–water partition coefficient (Wildman–Crippen LogP) is 5.17. The average Bonchev–Trinajstić information content (AvgIpc) is 3.27. The quantitative estimate of drug-likeness (QED) is 0.338. The molecule has 1 aromatic heterocycles. The third kappa shape index (κ3) is 4.74. The Morgan fingerprint density at radius 3 is 2.53 bits per heavy atom. The van der Waals surface area contributed by atoms with Crippen LogP contribution in [0.1, 0.15) is 19.6 Å². The number of carbonyl (C=O) groups is 3. The Morgan fingerprint density at radius 1 is 1.00 bits per heavy atom. The number of hydrogen-bond acceptors (Lipinski definition) is 6. The molecule has 1 saturated heterocycles. The van der Waals surface area contributed by atoms with E-state index in [1.807, 2.05) is 31.2 Å². The molecule has 1 N–H and O–H groups in total. The average molecular weight is 525 g/mol. The first-order valence-corrected chi connectivity index (χ1v) is 11.4. The van der Waals surface area contributed by atoms with E-state index in [9.17, 15) is 14.4 Å². The number of anilines is 1. The molecule has 0 atom stereocenters. The van der Waals surface area contributed by atoms with Gasteiger partial charge in [0, 0.05) is 16.1 Å². The summed E-state index contributed by atoms with van der Waals surface area (Å²) in [7, 11) is 0. The number of nitrogens with one attached hydrogen (secondary N) is 1. The maximum atomic E-state index is 13.3. The standard InChI is InChI=1S/C25H21BrN2O6/c1-3-32-17-8-11-22(33-4-2)20(14-17)28-24(30)19(23(29)27-25(28)31)13-18-9-10-21(34-18)15-6-5-7-16(26)12-15/h5-14H,3-4H2,1-2H3,(H,27,29,31)/b19-13+. The lowest BCUT2D eigenvalue weighted by Gasteiger charge is -2.28. The highest BCUT2D eigenvalue weighted by atomic mass is 79.9. The van der Waals surface area contributed by atoms with E-state index in [1.54, 1.807) is 31.2 Å². The summed E-state index contributed by atoms with van der Waals surface area (Å²) in [6, 6.07) is 14.8. The lowest BCUT2D eigenvalue weighted by atomic mass is 10.1. The number of imide groups is 2. The first-order chi connectivity index (χ1) is 16.4. The van der Waals surface area contributed by atoms with E-state index < -0.39 is 17.8 Å². The van der Waals surface area contributed by atoms with Crippen molar-refractivity contribution in [2.75, 3.05) is 18.1 Å². The zero-order valence-electron chi connectivity index (χ0n) is 18.5. The zero-order valence-corrected chi connectivity index (χ0v) is 20.0. The van der Waals surface area contributed by atoms with Gasteiger partial charge in [-0.25, -0.2) is 9.69 Å². The molecule has 1 aliphatic rings. The number of barbiturate groups is 1. The van der Waals surface area contributed by atoms with Gasteiger partial charge in [-0.3, -0.25) is 14.9 Å². The Morgan fingerprint density at radius 2 is 1.79 bits per heavy atom. The van der Waals surface area contributed by atoms with Gasteiger partial charge in [-0.15, -0.1) is 0 Å². The molecule has 9 heteroatoms. The van der Waals surface area contributed by atoms with Crippen LogP contribution in [-0.4, -0.2) is 31.1 Å². The summed E-state index contributed by atoms with van der Waals surface area (Å²) in [6.45, 7) is 4.32. The van der Waals surface area contributed by atoms with E-state index in [-0.39, 0.29) is 17.0 Å². The number of furan rings is 1. The molecule has 0 bridgehead atoms. The highest BCUT2D eigenvalue weighted by Crippen LogP contribution is 2.35. The van der Waals surface area contributed by atoms with E-state index >= 15 is 0 Å². The lowest BCUT2D eigenvalue weighted by Crippen LogP contribution is -2.54. The molecule has 4 amide bonds. The molecule has 2 aromatic carbocycles. The SMILES string of the molecule is CCOc1ccc(OCC)c(N2C(=O)NC(=O)/C(=C\c3ccc(-c4cccc(Br)c4)o3)C2=O)c1. The van der Waals surface area contributed by atoms with Gasteiger partial charge >= 0.3 is 6.03 Å². The lowest BCUT2D eigenvalue weighted by molar-refractivity contribution is -0.122. The summed E-state index contributed by atoms with van der Waals surface area (Å²) in [5.74, 6) is -0.00947. The monoisotopic (exact) mass is 524 g/mol. The summed E-state index contributed by atoms with van der Waals surface area (Å²) < 4.78 is 17.8. The first kappa shape index (κ1) is 23.3. The number of amides is 4. The molecule has 174 valence electrons. The molecule has 0 unspecified atom stereocenters. The summed E-state index contributed by atoms with van der Waals surface area (Å²) in [5, 5.41) is 2.21. The number of halogens is 1. The minimum absolute atomic E-state index is 0.169. The second kappa shape index (κ2) is 9.96. The fourth-order valence-corrected chi connectivity index (χ4v) is 3.85. The summed E-state index contributed by atoms with van der Waals surface area (Å²) in [6.07, 6.45) is 1.31.